The summed E-state index contributed by atoms with van der Waals surface area (Å²) in [7, 11) is 5.53. The lowest BCUT2D eigenvalue weighted by atomic mass is 10.2. The molecule has 0 radical (unpaired) electrons. The van der Waals surface area contributed by atoms with E-state index in [4.69, 9.17) is 4.74 Å². The number of thiophene rings is 1. The molecule has 0 aliphatic carbocycles. The van der Waals surface area contributed by atoms with Gasteiger partial charge in [-0.3, -0.25) is 19.0 Å². The highest BCUT2D eigenvalue weighted by molar-refractivity contribution is 7.20. The molecule has 3 N–H and O–H groups in total. The smallest absolute Gasteiger partial charge is 0.262 e. The number of hydrogen-bond acceptors (Lipinski definition) is 6. The van der Waals surface area contributed by atoms with Gasteiger partial charge in [0.1, 0.15) is 17.1 Å². The molecule has 0 unspecified atom stereocenters. The van der Waals surface area contributed by atoms with E-state index in [0.29, 0.717) is 38.6 Å². The molecule has 0 saturated carbocycles. The number of benzene rings is 1. The lowest BCUT2D eigenvalue weighted by molar-refractivity contribution is -0.856. The number of aryl methyl sites for hydroxylation is 1. The van der Waals surface area contributed by atoms with Crippen LogP contribution in [-0.2, 0) is 11.3 Å². The fourth-order valence-corrected chi connectivity index (χ4v) is 4.14. The Morgan fingerprint density at radius 1 is 1.26 bits per heavy atom. The number of methoxy groups -OCH3 is 1. The van der Waals surface area contributed by atoms with Gasteiger partial charge in [0.05, 0.1) is 56.6 Å². The van der Waals surface area contributed by atoms with Gasteiger partial charge in [-0.15, -0.1) is 11.3 Å². The quantitative estimate of drug-likeness (QED) is 0.463. The third kappa shape index (κ3) is 5.09. The molecule has 10 heteroatoms. The summed E-state index contributed by atoms with van der Waals surface area (Å²) in [4.78, 5) is 44.5. The lowest BCUT2D eigenvalue weighted by Gasteiger charge is -2.10. The monoisotopic (exact) mass is 444 g/mol. The van der Waals surface area contributed by atoms with Gasteiger partial charge in [0.2, 0.25) is 5.91 Å². The number of carbonyl (C=O) groups excluding carboxylic acids is 2. The average Bonchev–Trinajstić information content (AvgIpc) is 3.07. The number of quaternary nitrogens is 1. The molecule has 0 saturated heterocycles. The number of fused-ring (bicyclic) bond motifs is 1. The molecule has 2 amide bonds. The van der Waals surface area contributed by atoms with Crippen LogP contribution in [0, 0.1) is 6.92 Å². The number of carbonyl (C=O) groups is 2. The maximum Gasteiger partial charge on any atom is 0.262 e. The minimum atomic E-state index is -0.384. The molecule has 1 aromatic carbocycles. The van der Waals surface area contributed by atoms with Crippen molar-refractivity contribution in [2.75, 3.05) is 39.6 Å². The number of rotatable bonds is 8. The summed E-state index contributed by atoms with van der Waals surface area (Å²) in [5.41, 5.74) is 0.736. The fourth-order valence-electron chi connectivity index (χ4n) is 3.09. The summed E-state index contributed by atoms with van der Waals surface area (Å²) in [5, 5.41) is 5.98. The van der Waals surface area contributed by atoms with Gasteiger partial charge in [0.15, 0.2) is 0 Å². The summed E-state index contributed by atoms with van der Waals surface area (Å²) in [6.45, 7) is 2.85. The fraction of sp³-hybridized carbons (Fsp3) is 0.333. The summed E-state index contributed by atoms with van der Waals surface area (Å²) in [5.74, 6) is -0.0802. The Bertz CT molecular complexity index is 1170. The first-order valence-electron chi connectivity index (χ1n) is 9.80. The molecular weight excluding hydrogens is 418 g/mol. The maximum atomic E-state index is 13.0. The number of aromatic nitrogens is 2. The SMILES string of the molecule is COc1ccccc1NC(=O)Cn1cnc2sc(C(=O)NCC[NH+](C)C)c(C)c2c1=O. The summed E-state index contributed by atoms with van der Waals surface area (Å²) < 4.78 is 6.47. The first-order chi connectivity index (χ1) is 14.8. The van der Waals surface area contributed by atoms with Gasteiger partial charge in [-0.2, -0.15) is 0 Å². The van der Waals surface area contributed by atoms with Crippen molar-refractivity contribution in [3.63, 3.8) is 0 Å². The van der Waals surface area contributed by atoms with Crippen molar-refractivity contribution in [2.24, 2.45) is 0 Å². The zero-order valence-electron chi connectivity index (χ0n) is 17.9. The van der Waals surface area contributed by atoms with Crippen LogP contribution in [0.5, 0.6) is 5.75 Å². The second kappa shape index (κ2) is 9.71. The maximum absolute atomic E-state index is 13.0. The summed E-state index contributed by atoms with van der Waals surface area (Å²) in [6, 6.07) is 7.02. The van der Waals surface area contributed by atoms with Crippen molar-refractivity contribution < 1.29 is 19.2 Å². The van der Waals surface area contributed by atoms with Crippen molar-refractivity contribution in [3.05, 3.63) is 51.4 Å². The Morgan fingerprint density at radius 2 is 2.00 bits per heavy atom. The second-order valence-electron chi connectivity index (χ2n) is 7.38. The molecule has 3 rings (SSSR count). The predicted octanol–water partition coefficient (Wildman–Crippen LogP) is 0.288. The Morgan fingerprint density at radius 3 is 2.71 bits per heavy atom. The molecule has 164 valence electrons. The highest BCUT2D eigenvalue weighted by Crippen LogP contribution is 2.27. The molecule has 2 aromatic heterocycles. The van der Waals surface area contributed by atoms with Crippen LogP contribution in [0.2, 0.25) is 0 Å². The molecule has 3 aromatic rings. The van der Waals surface area contributed by atoms with Crippen molar-refractivity contribution >= 4 is 39.1 Å². The van der Waals surface area contributed by atoms with Crippen LogP contribution in [0.15, 0.2) is 35.4 Å². The Labute approximate surface area is 183 Å². The van der Waals surface area contributed by atoms with Crippen molar-refractivity contribution in [1.82, 2.24) is 14.9 Å². The number of amides is 2. The number of ether oxygens (including phenoxy) is 1. The van der Waals surface area contributed by atoms with E-state index in [1.54, 1.807) is 31.2 Å². The second-order valence-corrected chi connectivity index (χ2v) is 8.37. The van der Waals surface area contributed by atoms with Crippen LogP contribution in [0.4, 0.5) is 5.69 Å². The number of nitrogens with zero attached hydrogens (tertiary/aromatic N) is 2. The number of hydrogen-bond donors (Lipinski definition) is 3. The number of anilines is 1. The van der Waals surface area contributed by atoms with Crippen LogP contribution in [-0.4, -0.2) is 55.7 Å². The molecular formula is C21H26N5O4S+. The molecule has 0 aliphatic heterocycles. The zero-order valence-corrected chi connectivity index (χ0v) is 18.8. The summed E-state index contributed by atoms with van der Waals surface area (Å²) >= 11 is 1.18. The van der Waals surface area contributed by atoms with E-state index in [0.717, 1.165) is 6.54 Å². The number of para-hydroxylation sites is 2. The van der Waals surface area contributed by atoms with Crippen LogP contribution >= 0.6 is 11.3 Å². The predicted molar refractivity (Wildman–Crippen MR) is 120 cm³/mol. The van der Waals surface area contributed by atoms with Crippen LogP contribution in [0.3, 0.4) is 0 Å². The molecule has 0 fully saturated rings. The zero-order chi connectivity index (χ0) is 22.5. The first kappa shape index (κ1) is 22.4. The largest absolute Gasteiger partial charge is 0.495 e. The third-order valence-corrected chi connectivity index (χ3v) is 5.93. The van der Waals surface area contributed by atoms with E-state index in [1.165, 1.54) is 34.2 Å². The standard InChI is InChI=1S/C21H25N5O4S/c1-13-17-20(31-18(13)19(28)22-9-10-25(2)3)23-12-26(21(17)29)11-16(27)24-14-7-5-6-8-15(14)30-4/h5-8,12H,9-11H2,1-4H3,(H,22,28)(H,24,27)/p+1. The van der Waals surface area contributed by atoms with Crippen LogP contribution in [0.25, 0.3) is 10.2 Å². The molecule has 0 spiro atoms. The van der Waals surface area contributed by atoms with E-state index < -0.39 is 0 Å². The van der Waals surface area contributed by atoms with E-state index in [9.17, 15) is 14.4 Å². The van der Waals surface area contributed by atoms with Crippen molar-refractivity contribution in [3.8, 4) is 5.75 Å². The van der Waals surface area contributed by atoms with Crippen LogP contribution < -0.4 is 25.8 Å². The van der Waals surface area contributed by atoms with Crippen LogP contribution in [0.1, 0.15) is 15.2 Å². The number of likely N-dealkylation sites (N-methyl/N-ethyl adjacent to an activating group) is 1. The molecule has 0 bridgehead atoms. The Kier molecular flexibility index (Phi) is 7.03. The van der Waals surface area contributed by atoms with E-state index >= 15 is 0 Å². The van der Waals surface area contributed by atoms with Gasteiger partial charge >= 0.3 is 0 Å². The van der Waals surface area contributed by atoms with E-state index in [-0.39, 0.29) is 23.9 Å². The molecule has 0 atom stereocenters. The topological polar surface area (TPSA) is 107 Å². The van der Waals surface area contributed by atoms with Gasteiger partial charge in [0.25, 0.3) is 11.5 Å². The van der Waals surface area contributed by atoms with Gasteiger partial charge in [-0.05, 0) is 24.6 Å². The normalized spacial score (nSPS) is 11.0. The van der Waals surface area contributed by atoms with E-state index in [1.807, 2.05) is 14.1 Å². The Hall–Kier alpha value is -3.24. The van der Waals surface area contributed by atoms with Gasteiger partial charge in [-0.25, -0.2) is 4.98 Å². The Balaban J connectivity index is 1.81. The molecule has 31 heavy (non-hydrogen) atoms. The lowest BCUT2D eigenvalue weighted by Crippen LogP contribution is -3.06. The minimum Gasteiger partial charge on any atom is -0.495 e. The molecule has 9 nitrogen and oxygen atoms in total. The first-order valence-corrected chi connectivity index (χ1v) is 10.6. The number of nitrogens with one attached hydrogen (secondary N) is 3. The minimum absolute atomic E-state index is 0.206. The van der Waals surface area contributed by atoms with Crippen molar-refractivity contribution in [2.45, 2.75) is 13.5 Å². The third-order valence-electron chi connectivity index (χ3n) is 4.73. The van der Waals surface area contributed by atoms with Crippen molar-refractivity contribution in [1.29, 1.82) is 0 Å². The summed E-state index contributed by atoms with van der Waals surface area (Å²) in [6.07, 6.45) is 1.33. The molecule has 2 heterocycles. The molecule has 0 aliphatic rings. The van der Waals surface area contributed by atoms with Gasteiger partial charge < -0.3 is 20.3 Å². The average molecular weight is 445 g/mol. The highest BCUT2D eigenvalue weighted by Gasteiger charge is 2.20. The van der Waals surface area contributed by atoms with Gasteiger partial charge in [-0.1, -0.05) is 12.1 Å². The van der Waals surface area contributed by atoms with E-state index in [2.05, 4.69) is 15.6 Å². The van der Waals surface area contributed by atoms with Gasteiger partial charge in [0, 0.05) is 0 Å². The highest BCUT2D eigenvalue weighted by atomic mass is 32.1.